The first-order valence-corrected chi connectivity index (χ1v) is 10.8. The molecule has 148 valence electrons. The average molecular weight is 401 g/mol. The van der Waals surface area contributed by atoms with Gasteiger partial charge in [-0.2, -0.15) is 0 Å². The van der Waals surface area contributed by atoms with E-state index in [-0.39, 0.29) is 11.8 Å². The van der Waals surface area contributed by atoms with Gasteiger partial charge in [-0.3, -0.25) is 13.9 Å². The van der Waals surface area contributed by atoms with Gasteiger partial charge in [0.1, 0.15) is 0 Å². The molecule has 1 heterocycles. The molecule has 1 aliphatic rings. The second kappa shape index (κ2) is 7.63. The molecule has 7 nitrogen and oxygen atoms in total. The van der Waals surface area contributed by atoms with Crippen LogP contribution in [0.5, 0.6) is 0 Å². The van der Waals surface area contributed by atoms with Crippen LogP contribution < -0.4 is 14.5 Å². The first-order valence-electron chi connectivity index (χ1n) is 8.94. The number of rotatable bonds is 5. The molecule has 0 saturated carbocycles. The van der Waals surface area contributed by atoms with Crippen molar-refractivity contribution >= 4 is 38.9 Å². The third kappa shape index (κ3) is 4.01. The molecule has 0 aromatic heterocycles. The highest BCUT2D eigenvalue weighted by atomic mass is 32.2. The summed E-state index contributed by atoms with van der Waals surface area (Å²) in [5.74, 6) is -0.217. The molecule has 2 aromatic rings. The molecule has 0 radical (unpaired) electrons. The number of hydrogen-bond donors (Lipinski definition) is 1. The van der Waals surface area contributed by atoms with Crippen LogP contribution in [0.15, 0.2) is 42.5 Å². The van der Waals surface area contributed by atoms with Crippen LogP contribution in [0.25, 0.3) is 0 Å². The van der Waals surface area contributed by atoms with Crippen molar-refractivity contribution in [2.75, 3.05) is 34.4 Å². The highest BCUT2D eigenvalue weighted by Gasteiger charge is 2.22. The number of hydrogen-bond acceptors (Lipinski definition) is 4. The van der Waals surface area contributed by atoms with E-state index in [1.807, 2.05) is 0 Å². The summed E-state index contributed by atoms with van der Waals surface area (Å²) in [6.45, 7) is 2.43. The minimum Gasteiger partial charge on any atom is -0.322 e. The molecule has 1 N–H and O–H groups in total. The Balaban J connectivity index is 1.79. The quantitative estimate of drug-likeness (QED) is 0.835. The largest absolute Gasteiger partial charge is 0.322 e. The fraction of sp³-hybridized carbons (Fsp3) is 0.300. The first-order chi connectivity index (χ1) is 13.2. The molecule has 2 amide bonds. The van der Waals surface area contributed by atoms with Gasteiger partial charge in [0.2, 0.25) is 15.9 Å². The van der Waals surface area contributed by atoms with Crippen molar-refractivity contribution in [2.24, 2.45) is 0 Å². The molecule has 1 aliphatic heterocycles. The number of carbonyl (C=O) groups excluding carboxylic acids is 2. The lowest BCUT2D eigenvalue weighted by molar-refractivity contribution is -0.117. The van der Waals surface area contributed by atoms with E-state index in [0.717, 1.165) is 22.7 Å². The van der Waals surface area contributed by atoms with E-state index in [2.05, 4.69) is 5.32 Å². The van der Waals surface area contributed by atoms with Crippen molar-refractivity contribution in [1.82, 2.24) is 0 Å². The molecular weight excluding hydrogens is 378 g/mol. The lowest BCUT2D eigenvalue weighted by Crippen LogP contribution is -2.26. The minimum atomic E-state index is -3.43. The summed E-state index contributed by atoms with van der Waals surface area (Å²) >= 11 is 0. The van der Waals surface area contributed by atoms with E-state index < -0.39 is 10.0 Å². The maximum atomic E-state index is 12.7. The van der Waals surface area contributed by atoms with E-state index in [1.54, 1.807) is 54.3 Å². The van der Waals surface area contributed by atoms with Crippen LogP contribution in [0, 0.1) is 6.92 Å². The van der Waals surface area contributed by atoms with Gasteiger partial charge >= 0.3 is 0 Å². The Bertz CT molecular complexity index is 1020. The van der Waals surface area contributed by atoms with Gasteiger partial charge in [0.15, 0.2) is 0 Å². The highest BCUT2D eigenvalue weighted by molar-refractivity contribution is 7.92. The van der Waals surface area contributed by atoms with E-state index in [1.165, 1.54) is 7.05 Å². The SMILES string of the molecule is Cc1c(C(=O)Nc2ccc(N3CCCC3=O)cc2)cccc1N(C)S(C)(=O)=O. The van der Waals surface area contributed by atoms with Gasteiger partial charge in [0.05, 0.1) is 11.9 Å². The van der Waals surface area contributed by atoms with Gasteiger partial charge < -0.3 is 10.2 Å². The van der Waals surface area contributed by atoms with E-state index in [4.69, 9.17) is 0 Å². The maximum absolute atomic E-state index is 12.7. The van der Waals surface area contributed by atoms with E-state index >= 15 is 0 Å². The van der Waals surface area contributed by atoms with Crippen molar-refractivity contribution < 1.29 is 18.0 Å². The summed E-state index contributed by atoms with van der Waals surface area (Å²) in [6.07, 6.45) is 2.54. The number of carbonyl (C=O) groups is 2. The number of anilines is 3. The second-order valence-corrected chi connectivity index (χ2v) is 8.84. The fourth-order valence-electron chi connectivity index (χ4n) is 3.23. The number of nitrogens with zero attached hydrogens (tertiary/aromatic N) is 2. The molecule has 3 rings (SSSR count). The molecule has 1 fully saturated rings. The summed E-state index contributed by atoms with van der Waals surface area (Å²) in [7, 11) is -1.97. The lowest BCUT2D eigenvalue weighted by atomic mass is 10.1. The third-order valence-electron chi connectivity index (χ3n) is 4.90. The predicted octanol–water partition coefficient (Wildman–Crippen LogP) is 2.77. The zero-order valence-corrected chi connectivity index (χ0v) is 16.9. The number of benzene rings is 2. The van der Waals surface area contributed by atoms with Gasteiger partial charge in [-0.1, -0.05) is 6.07 Å². The first kappa shape index (κ1) is 19.9. The van der Waals surface area contributed by atoms with Crippen LogP contribution >= 0.6 is 0 Å². The summed E-state index contributed by atoms with van der Waals surface area (Å²) in [5, 5.41) is 2.82. The summed E-state index contributed by atoms with van der Waals surface area (Å²) in [4.78, 5) is 26.3. The molecule has 0 spiro atoms. The lowest BCUT2D eigenvalue weighted by Gasteiger charge is -2.20. The van der Waals surface area contributed by atoms with Gasteiger partial charge in [0, 0.05) is 37.0 Å². The maximum Gasteiger partial charge on any atom is 0.256 e. The van der Waals surface area contributed by atoms with Crippen molar-refractivity contribution in [1.29, 1.82) is 0 Å². The van der Waals surface area contributed by atoms with Crippen LogP contribution in [0.4, 0.5) is 17.1 Å². The molecule has 1 saturated heterocycles. The van der Waals surface area contributed by atoms with Gasteiger partial charge in [-0.15, -0.1) is 0 Å². The Kier molecular flexibility index (Phi) is 5.42. The molecule has 0 atom stereocenters. The van der Waals surface area contributed by atoms with Crippen molar-refractivity contribution in [3.8, 4) is 0 Å². The minimum absolute atomic E-state index is 0.110. The highest BCUT2D eigenvalue weighted by Crippen LogP contribution is 2.26. The van der Waals surface area contributed by atoms with E-state index in [0.29, 0.717) is 35.5 Å². The van der Waals surface area contributed by atoms with Crippen LogP contribution in [-0.2, 0) is 14.8 Å². The molecule has 8 heteroatoms. The van der Waals surface area contributed by atoms with Gasteiger partial charge in [-0.05, 0) is 55.3 Å². The summed E-state index contributed by atoms with van der Waals surface area (Å²) in [6, 6.07) is 12.1. The molecular formula is C20H23N3O4S. The van der Waals surface area contributed by atoms with Crippen molar-refractivity contribution in [3.63, 3.8) is 0 Å². The van der Waals surface area contributed by atoms with Crippen molar-refractivity contribution in [3.05, 3.63) is 53.6 Å². The Morgan fingerprint density at radius 2 is 1.82 bits per heavy atom. The van der Waals surface area contributed by atoms with Crippen LogP contribution in [0.2, 0.25) is 0 Å². The molecule has 0 unspecified atom stereocenters. The third-order valence-corrected chi connectivity index (χ3v) is 6.09. The van der Waals surface area contributed by atoms with E-state index in [9.17, 15) is 18.0 Å². The Morgan fingerprint density at radius 1 is 1.14 bits per heavy atom. The van der Waals surface area contributed by atoms with Gasteiger partial charge in [0.25, 0.3) is 5.91 Å². The molecule has 0 aliphatic carbocycles. The normalized spacial score (nSPS) is 14.2. The molecule has 2 aromatic carbocycles. The number of sulfonamides is 1. The Hall–Kier alpha value is -2.87. The summed E-state index contributed by atoms with van der Waals surface area (Å²) in [5.41, 5.74) is 2.84. The Labute approximate surface area is 165 Å². The van der Waals surface area contributed by atoms with Crippen LogP contribution in [0.1, 0.15) is 28.8 Å². The summed E-state index contributed by atoms with van der Waals surface area (Å²) < 4.78 is 24.8. The van der Waals surface area contributed by atoms with Crippen LogP contribution in [0.3, 0.4) is 0 Å². The second-order valence-electron chi connectivity index (χ2n) is 6.83. The molecule has 28 heavy (non-hydrogen) atoms. The Morgan fingerprint density at radius 3 is 2.39 bits per heavy atom. The average Bonchev–Trinajstić information content (AvgIpc) is 3.07. The number of amides is 2. The van der Waals surface area contributed by atoms with Crippen LogP contribution in [-0.4, -0.2) is 40.1 Å². The predicted molar refractivity (Wildman–Crippen MR) is 110 cm³/mol. The molecule has 0 bridgehead atoms. The fourth-order valence-corrected chi connectivity index (χ4v) is 3.79. The number of nitrogens with one attached hydrogen (secondary N) is 1. The zero-order chi connectivity index (χ0) is 20.5. The standard InChI is InChI=1S/C20H23N3O4S/c1-14-17(6-4-7-18(14)22(2)28(3,26)27)20(25)21-15-9-11-16(12-10-15)23-13-5-8-19(23)24/h4,6-7,9-12H,5,8,13H2,1-3H3,(H,21,25). The van der Waals surface area contributed by atoms with Crippen molar-refractivity contribution in [2.45, 2.75) is 19.8 Å². The smallest absolute Gasteiger partial charge is 0.256 e. The monoisotopic (exact) mass is 401 g/mol. The topological polar surface area (TPSA) is 86.8 Å². The van der Waals surface area contributed by atoms with Gasteiger partial charge in [-0.25, -0.2) is 8.42 Å². The zero-order valence-electron chi connectivity index (χ0n) is 16.1.